The van der Waals surface area contributed by atoms with E-state index in [9.17, 15) is 8.78 Å². The predicted octanol–water partition coefficient (Wildman–Crippen LogP) is 3.11. The van der Waals surface area contributed by atoms with Crippen molar-refractivity contribution in [1.82, 2.24) is 20.5 Å². The van der Waals surface area contributed by atoms with Gasteiger partial charge >= 0.3 is 0 Å². The van der Waals surface area contributed by atoms with Gasteiger partial charge in [-0.25, -0.2) is 13.8 Å². The largest absolute Gasteiger partial charge is 0.379 e. The van der Waals surface area contributed by atoms with Crippen molar-refractivity contribution in [3.63, 3.8) is 0 Å². The fourth-order valence-electron chi connectivity index (χ4n) is 3.26. The van der Waals surface area contributed by atoms with E-state index >= 15 is 0 Å². The lowest BCUT2D eigenvalue weighted by molar-refractivity contribution is 0.0170. The van der Waals surface area contributed by atoms with Crippen LogP contribution >= 0.6 is 24.0 Å². The Hall–Kier alpha value is -1.85. The molecule has 0 amide bonds. The smallest absolute Gasteiger partial charge is 0.191 e. The second kappa shape index (κ2) is 12.8. The summed E-state index contributed by atoms with van der Waals surface area (Å²) < 4.78 is 32.7. The van der Waals surface area contributed by atoms with Crippen molar-refractivity contribution in [2.24, 2.45) is 4.99 Å². The van der Waals surface area contributed by atoms with Gasteiger partial charge in [0.25, 0.3) is 0 Å². The van der Waals surface area contributed by atoms with Crippen molar-refractivity contribution in [3.8, 4) is 0 Å². The van der Waals surface area contributed by atoms with Crippen LogP contribution in [0.25, 0.3) is 0 Å². The summed E-state index contributed by atoms with van der Waals surface area (Å²) in [5.74, 6) is -0.0442. The van der Waals surface area contributed by atoms with Crippen LogP contribution in [0.5, 0.6) is 0 Å². The van der Waals surface area contributed by atoms with Crippen molar-refractivity contribution < 1.29 is 13.5 Å². The molecule has 0 aliphatic carbocycles. The molecule has 1 aliphatic rings. The van der Waals surface area contributed by atoms with Crippen LogP contribution in [0.15, 0.2) is 47.6 Å². The molecule has 9 heteroatoms. The van der Waals surface area contributed by atoms with Gasteiger partial charge in [0.05, 0.1) is 31.5 Å². The van der Waals surface area contributed by atoms with Crippen LogP contribution in [-0.2, 0) is 11.3 Å². The van der Waals surface area contributed by atoms with Crippen molar-refractivity contribution in [2.75, 3.05) is 39.4 Å². The van der Waals surface area contributed by atoms with Crippen LogP contribution in [0, 0.1) is 11.6 Å². The van der Waals surface area contributed by atoms with Gasteiger partial charge in [0.2, 0.25) is 0 Å². The van der Waals surface area contributed by atoms with Gasteiger partial charge in [-0.1, -0.05) is 12.1 Å². The van der Waals surface area contributed by atoms with Crippen LogP contribution in [-0.4, -0.2) is 55.2 Å². The van der Waals surface area contributed by atoms with Gasteiger partial charge in [0.15, 0.2) is 5.96 Å². The van der Waals surface area contributed by atoms with Gasteiger partial charge in [-0.05, 0) is 36.8 Å². The van der Waals surface area contributed by atoms with Gasteiger partial charge in [-0.15, -0.1) is 24.0 Å². The fourth-order valence-corrected chi connectivity index (χ4v) is 3.26. The average molecular weight is 531 g/mol. The minimum Gasteiger partial charge on any atom is -0.379 e. The topological polar surface area (TPSA) is 61.8 Å². The van der Waals surface area contributed by atoms with Crippen LogP contribution in [0.3, 0.4) is 0 Å². The molecule has 1 atom stereocenters. The van der Waals surface area contributed by atoms with E-state index in [0.29, 0.717) is 38.0 Å². The van der Waals surface area contributed by atoms with E-state index in [0.717, 1.165) is 18.7 Å². The molecule has 0 radical (unpaired) electrons. The number of benzene rings is 1. The number of ether oxygens (including phenoxy) is 1. The molecule has 2 N–H and O–H groups in total. The molecule has 1 fully saturated rings. The zero-order chi connectivity index (χ0) is 20.5. The first-order valence-electron chi connectivity index (χ1n) is 9.86. The standard InChI is InChI=1S/C21H27F2N5O.HI/c1-2-24-21(26-14-19-18(23)4-3-9-25-19)27-15-20(28-10-12-29-13-11-28)16-5-7-17(22)8-6-16;/h3-9,20H,2,10-15H2,1H3,(H2,24,26,27);1H. The third kappa shape index (κ3) is 7.13. The summed E-state index contributed by atoms with van der Waals surface area (Å²) in [5.41, 5.74) is 1.32. The number of hydrogen-bond donors (Lipinski definition) is 2. The number of morpholine rings is 1. The first-order valence-corrected chi connectivity index (χ1v) is 9.86. The van der Waals surface area contributed by atoms with Crippen LogP contribution < -0.4 is 10.6 Å². The summed E-state index contributed by atoms with van der Waals surface area (Å²) in [7, 11) is 0. The molecule has 1 unspecified atom stereocenters. The average Bonchev–Trinajstić information content (AvgIpc) is 2.75. The minimum absolute atomic E-state index is 0. The van der Waals surface area contributed by atoms with E-state index in [2.05, 4.69) is 25.5 Å². The lowest BCUT2D eigenvalue weighted by Gasteiger charge is -2.35. The van der Waals surface area contributed by atoms with E-state index in [1.165, 1.54) is 18.2 Å². The second-order valence-corrected chi connectivity index (χ2v) is 6.72. The molecule has 1 aromatic heterocycles. The highest BCUT2D eigenvalue weighted by Gasteiger charge is 2.23. The van der Waals surface area contributed by atoms with Crippen molar-refractivity contribution in [1.29, 1.82) is 0 Å². The number of pyridine rings is 1. The Kier molecular flexibility index (Phi) is 10.4. The number of nitrogens with one attached hydrogen (secondary N) is 2. The van der Waals surface area contributed by atoms with Crippen molar-refractivity contribution in [2.45, 2.75) is 19.5 Å². The number of nitrogens with zero attached hydrogens (tertiary/aromatic N) is 3. The highest BCUT2D eigenvalue weighted by molar-refractivity contribution is 14.0. The maximum atomic E-state index is 13.8. The molecule has 1 saturated heterocycles. The number of guanidine groups is 1. The van der Waals surface area contributed by atoms with Crippen LogP contribution in [0.4, 0.5) is 8.78 Å². The Morgan fingerprint density at radius 1 is 1.17 bits per heavy atom. The fraction of sp³-hybridized carbons (Fsp3) is 0.429. The van der Waals surface area contributed by atoms with Crippen LogP contribution in [0.2, 0.25) is 0 Å². The van der Waals surface area contributed by atoms with Gasteiger partial charge in [-0.2, -0.15) is 0 Å². The summed E-state index contributed by atoms with van der Waals surface area (Å²) in [6, 6.07) is 9.55. The van der Waals surface area contributed by atoms with Crippen LogP contribution in [0.1, 0.15) is 24.2 Å². The monoisotopic (exact) mass is 531 g/mol. The Balaban J connectivity index is 0.00000320. The lowest BCUT2D eigenvalue weighted by Crippen LogP contribution is -2.46. The summed E-state index contributed by atoms with van der Waals surface area (Å²) in [6.07, 6.45) is 1.55. The Morgan fingerprint density at radius 3 is 2.57 bits per heavy atom. The number of aliphatic imine (C=N–C) groups is 1. The zero-order valence-electron chi connectivity index (χ0n) is 17.0. The molecule has 164 valence electrons. The molecule has 1 aromatic carbocycles. The third-order valence-corrected chi connectivity index (χ3v) is 4.77. The zero-order valence-corrected chi connectivity index (χ0v) is 19.3. The SMILES string of the molecule is CCNC(=NCc1ncccc1F)NCC(c1ccc(F)cc1)N1CCOCC1.I. The molecule has 2 aromatic rings. The Labute approximate surface area is 193 Å². The first-order chi connectivity index (χ1) is 14.2. The molecular formula is C21H28F2IN5O. The summed E-state index contributed by atoms with van der Waals surface area (Å²) in [5, 5.41) is 6.51. The van der Waals surface area contributed by atoms with E-state index < -0.39 is 0 Å². The van der Waals surface area contributed by atoms with Gasteiger partial charge in [-0.3, -0.25) is 9.88 Å². The van der Waals surface area contributed by atoms with Gasteiger partial charge < -0.3 is 15.4 Å². The molecule has 0 bridgehead atoms. The number of rotatable bonds is 7. The number of hydrogen-bond acceptors (Lipinski definition) is 4. The maximum absolute atomic E-state index is 13.8. The molecule has 0 spiro atoms. The first kappa shape index (κ1) is 24.4. The summed E-state index contributed by atoms with van der Waals surface area (Å²) >= 11 is 0. The highest BCUT2D eigenvalue weighted by atomic mass is 127. The molecule has 6 nitrogen and oxygen atoms in total. The third-order valence-electron chi connectivity index (χ3n) is 4.77. The van der Waals surface area contributed by atoms with Crippen molar-refractivity contribution in [3.05, 3.63) is 65.5 Å². The molecule has 30 heavy (non-hydrogen) atoms. The molecule has 1 aliphatic heterocycles. The molecule has 2 heterocycles. The van der Waals surface area contributed by atoms with E-state index in [1.807, 2.05) is 19.1 Å². The summed E-state index contributed by atoms with van der Waals surface area (Å²) in [6.45, 7) is 6.30. The van der Waals surface area contributed by atoms with E-state index in [1.54, 1.807) is 12.3 Å². The predicted molar refractivity (Wildman–Crippen MR) is 124 cm³/mol. The van der Waals surface area contributed by atoms with Gasteiger partial charge in [0.1, 0.15) is 11.6 Å². The maximum Gasteiger partial charge on any atom is 0.191 e. The molecule has 3 rings (SSSR count). The highest BCUT2D eigenvalue weighted by Crippen LogP contribution is 2.21. The second-order valence-electron chi connectivity index (χ2n) is 6.72. The summed E-state index contributed by atoms with van der Waals surface area (Å²) in [4.78, 5) is 10.8. The molecular weight excluding hydrogens is 503 g/mol. The Morgan fingerprint density at radius 2 is 1.90 bits per heavy atom. The quantitative estimate of drug-likeness (QED) is 0.327. The minimum atomic E-state index is -0.371. The number of halogens is 3. The van der Waals surface area contributed by atoms with Crippen molar-refractivity contribution >= 4 is 29.9 Å². The number of aromatic nitrogens is 1. The Bertz CT molecular complexity index is 800. The van der Waals surface area contributed by atoms with E-state index in [-0.39, 0.29) is 48.2 Å². The van der Waals surface area contributed by atoms with E-state index in [4.69, 9.17) is 4.74 Å². The molecule has 0 saturated carbocycles. The lowest BCUT2D eigenvalue weighted by atomic mass is 10.0. The normalized spacial score (nSPS) is 15.9. The van der Waals surface area contributed by atoms with Gasteiger partial charge in [0, 0.05) is 32.4 Å².